The van der Waals surface area contributed by atoms with Gasteiger partial charge in [0.25, 0.3) is 5.91 Å². The highest BCUT2D eigenvalue weighted by molar-refractivity contribution is 5.93. The Morgan fingerprint density at radius 2 is 2.17 bits per heavy atom. The van der Waals surface area contributed by atoms with Crippen LogP contribution in [0.25, 0.3) is 11.0 Å². The van der Waals surface area contributed by atoms with E-state index in [4.69, 9.17) is 10.2 Å². The largest absolute Gasteiger partial charge is 0.463 e. The molecular weight excluding hydrogens is 234 g/mol. The lowest BCUT2D eigenvalue weighted by atomic mass is 10.1. The molecule has 0 radical (unpaired) electrons. The van der Waals surface area contributed by atoms with Crippen LogP contribution in [0.4, 0.5) is 0 Å². The molecule has 1 amide bonds. The number of fused-ring (bicyclic) bond motifs is 1. The van der Waals surface area contributed by atoms with Crippen molar-refractivity contribution in [1.82, 2.24) is 0 Å². The number of hydrogen-bond donors (Lipinski definition) is 1. The molecule has 0 atom stereocenters. The zero-order valence-corrected chi connectivity index (χ0v) is 9.10. The molecule has 2 aromatic rings. The van der Waals surface area contributed by atoms with Gasteiger partial charge in [-0.15, -0.1) is 0 Å². The number of carbonyl (C=O) groups excluding carboxylic acids is 2. The SMILES string of the molecule is NC(=O)C#Cc1ccc2occ(C=O)c(=O)c2c1. The zero-order valence-electron chi connectivity index (χ0n) is 9.10. The number of rotatable bonds is 1. The van der Waals surface area contributed by atoms with E-state index in [1.165, 1.54) is 12.1 Å². The van der Waals surface area contributed by atoms with Crippen LogP contribution in [0.5, 0.6) is 0 Å². The average molecular weight is 241 g/mol. The van der Waals surface area contributed by atoms with Crippen LogP contribution >= 0.6 is 0 Å². The first-order chi connectivity index (χ1) is 8.61. The second-order valence-electron chi connectivity index (χ2n) is 3.46. The van der Waals surface area contributed by atoms with Crippen molar-refractivity contribution in [2.45, 2.75) is 0 Å². The molecule has 18 heavy (non-hydrogen) atoms. The molecule has 0 aliphatic heterocycles. The molecular formula is C13H7NO4. The molecule has 1 heterocycles. The second kappa shape index (κ2) is 4.55. The molecule has 5 heteroatoms. The first-order valence-corrected chi connectivity index (χ1v) is 4.94. The monoisotopic (exact) mass is 241 g/mol. The van der Waals surface area contributed by atoms with Gasteiger partial charge in [0.05, 0.1) is 10.9 Å². The van der Waals surface area contributed by atoms with Crippen LogP contribution in [0.1, 0.15) is 15.9 Å². The molecule has 0 aliphatic carbocycles. The zero-order chi connectivity index (χ0) is 13.1. The van der Waals surface area contributed by atoms with Crippen LogP contribution in [-0.4, -0.2) is 12.2 Å². The van der Waals surface area contributed by atoms with Crippen molar-refractivity contribution in [2.24, 2.45) is 5.73 Å². The van der Waals surface area contributed by atoms with E-state index in [9.17, 15) is 14.4 Å². The van der Waals surface area contributed by atoms with Crippen LogP contribution < -0.4 is 11.2 Å². The standard InChI is InChI=1S/C13H7NO4/c14-12(16)4-2-8-1-3-11-10(5-8)13(17)9(6-15)7-18-11/h1,3,5-7H,(H2,14,16). The first-order valence-electron chi connectivity index (χ1n) is 4.94. The van der Waals surface area contributed by atoms with E-state index in [1.807, 2.05) is 0 Å². The predicted octanol–water partition coefficient (Wildman–Crippen LogP) is 0.442. The molecule has 0 spiro atoms. The molecule has 1 aromatic heterocycles. The fraction of sp³-hybridized carbons (Fsp3) is 0. The summed E-state index contributed by atoms with van der Waals surface area (Å²) in [4.78, 5) is 33.0. The summed E-state index contributed by atoms with van der Waals surface area (Å²) in [6.07, 6.45) is 1.53. The van der Waals surface area contributed by atoms with Gasteiger partial charge in [0, 0.05) is 5.56 Å². The Balaban J connectivity index is 2.67. The third-order valence-corrected chi connectivity index (χ3v) is 2.26. The number of nitrogens with two attached hydrogens (primary N) is 1. The Kier molecular flexibility index (Phi) is 2.94. The maximum atomic E-state index is 11.8. The van der Waals surface area contributed by atoms with E-state index >= 15 is 0 Å². The van der Waals surface area contributed by atoms with Crippen molar-refractivity contribution in [3.63, 3.8) is 0 Å². The summed E-state index contributed by atoms with van der Waals surface area (Å²) in [6, 6.07) is 4.57. The van der Waals surface area contributed by atoms with Gasteiger partial charge in [0.1, 0.15) is 11.8 Å². The lowest BCUT2D eigenvalue weighted by molar-refractivity contribution is -0.112. The third-order valence-electron chi connectivity index (χ3n) is 2.26. The Bertz CT molecular complexity index is 762. The summed E-state index contributed by atoms with van der Waals surface area (Å²) in [7, 11) is 0. The van der Waals surface area contributed by atoms with Crippen molar-refractivity contribution in [1.29, 1.82) is 0 Å². The summed E-state index contributed by atoms with van der Waals surface area (Å²) < 4.78 is 5.12. The Morgan fingerprint density at radius 1 is 1.39 bits per heavy atom. The number of amides is 1. The normalized spacial score (nSPS) is 9.56. The van der Waals surface area contributed by atoms with Gasteiger partial charge < -0.3 is 10.2 Å². The van der Waals surface area contributed by atoms with Gasteiger partial charge in [0.15, 0.2) is 6.29 Å². The van der Waals surface area contributed by atoms with E-state index < -0.39 is 11.3 Å². The number of carbonyl (C=O) groups is 2. The maximum Gasteiger partial charge on any atom is 0.293 e. The average Bonchev–Trinajstić information content (AvgIpc) is 2.37. The molecule has 0 unspecified atom stereocenters. The summed E-state index contributed by atoms with van der Waals surface area (Å²) in [5.74, 6) is 3.91. The van der Waals surface area contributed by atoms with Crippen LogP contribution in [0.15, 0.2) is 33.7 Å². The Labute approximate surface area is 101 Å². The highest BCUT2D eigenvalue weighted by Crippen LogP contribution is 2.12. The molecule has 88 valence electrons. The van der Waals surface area contributed by atoms with E-state index in [0.29, 0.717) is 17.4 Å². The summed E-state index contributed by atoms with van der Waals surface area (Å²) >= 11 is 0. The minimum absolute atomic E-state index is 0.0671. The topological polar surface area (TPSA) is 90.4 Å². The van der Waals surface area contributed by atoms with Gasteiger partial charge in [-0.05, 0) is 24.1 Å². The van der Waals surface area contributed by atoms with Gasteiger partial charge in [0.2, 0.25) is 5.43 Å². The second-order valence-corrected chi connectivity index (χ2v) is 3.46. The number of benzene rings is 1. The molecule has 1 aromatic carbocycles. The molecule has 0 saturated heterocycles. The molecule has 0 aliphatic rings. The number of hydrogen-bond acceptors (Lipinski definition) is 4. The number of aldehydes is 1. The van der Waals surface area contributed by atoms with E-state index in [1.54, 1.807) is 6.07 Å². The lowest BCUT2D eigenvalue weighted by Gasteiger charge is -1.97. The minimum Gasteiger partial charge on any atom is -0.463 e. The molecule has 0 bridgehead atoms. The van der Waals surface area contributed by atoms with Crippen molar-refractivity contribution in [3.8, 4) is 11.8 Å². The van der Waals surface area contributed by atoms with Gasteiger partial charge in [-0.1, -0.05) is 5.92 Å². The highest BCUT2D eigenvalue weighted by atomic mass is 16.3. The fourth-order valence-electron chi connectivity index (χ4n) is 1.44. The van der Waals surface area contributed by atoms with Gasteiger partial charge in [-0.2, -0.15) is 0 Å². The van der Waals surface area contributed by atoms with Crippen LogP contribution in [0, 0.1) is 11.8 Å². The molecule has 2 rings (SSSR count). The van der Waals surface area contributed by atoms with Crippen LogP contribution in [0.3, 0.4) is 0 Å². The molecule has 0 fully saturated rings. The molecule has 5 nitrogen and oxygen atoms in total. The van der Waals surface area contributed by atoms with E-state index in [-0.39, 0.29) is 10.9 Å². The summed E-state index contributed by atoms with van der Waals surface area (Å²) in [5, 5.41) is 0.232. The minimum atomic E-state index is -0.760. The van der Waals surface area contributed by atoms with Crippen LogP contribution in [0.2, 0.25) is 0 Å². The highest BCUT2D eigenvalue weighted by Gasteiger charge is 2.06. The third kappa shape index (κ3) is 2.13. The van der Waals surface area contributed by atoms with Gasteiger partial charge in [-0.25, -0.2) is 0 Å². The van der Waals surface area contributed by atoms with Crippen molar-refractivity contribution < 1.29 is 14.0 Å². The summed E-state index contributed by atoms with van der Waals surface area (Å²) in [5.41, 5.74) is 5.17. The van der Waals surface area contributed by atoms with Crippen molar-refractivity contribution >= 4 is 23.2 Å². The Morgan fingerprint density at radius 3 is 2.83 bits per heavy atom. The summed E-state index contributed by atoms with van der Waals surface area (Å²) in [6.45, 7) is 0. The van der Waals surface area contributed by atoms with Gasteiger partial charge >= 0.3 is 0 Å². The molecule has 2 N–H and O–H groups in total. The Hall–Kier alpha value is -2.87. The van der Waals surface area contributed by atoms with E-state index in [2.05, 4.69) is 11.8 Å². The van der Waals surface area contributed by atoms with Crippen molar-refractivity contribution in [2.75, 3.05) is 0 Å². The van der Waals surface area contributed by atoms with Crippen molar-refractivity contribution in [3.05, 3.63) is 45.8 Å². The van der Waals surface area contributed by atoms with Crippen LogP contribution in [-0.2, 0) is 4.79 Å². The quantitative estimate of drug-likeness (QED) is 0.579. The maximum absolute atomic E-state index is 11.8. The molecule has 0 saturated carbocycles. The predicted molar refractivity (Wildman–Crippen MR) is 63.9 cm³/mol. The van der Waals surface area contributed by atoms with Gasteiger partial charge in [-0.3, -0.25) is 14.4 Å². The smallest absolute Gasteiger partial charge is 0.293 e. The lowest BCUT2D eigenvalue weighted by Crippen LogP contribution is -2.08. The fourth-order valence-corrected chi connectivity index (χ4v) is 1.44. The first kappa shape index (κ1) is 11.6. The number of primary amides is 1. The van der Waals surface area contributed by atoms with E-state index in [0.717, 1.165) is 6.26 Å².